The average Bonchev–Trinajstić information content (AvgIpc) is 3.46. The number of hydrogen-bond acceptors (Lipinski definition) is 7. The molecule has 0 spiro atoms. The lowest BCUT2D eigenvalue weighted by Crippen LogP contribution is -2.43. The van der Waals surface area contributed by atoms with Crippen molar-refractivity contribution in [2.75, 3.05) is 35.2 Å². The number of nitrogens with zero attached hydrogens (tertiary/aromatic N) is 2. The van der Waals surface area contributed by atoms with Crippen molar-refractivity contribution in [1.82, 2.24) is 10.5 Å². The van der Waals surface area contributed by atoms with Crippen LogP contribution in [0, 0.1) is 6.92 Å². The molecule has 2 aromatic rings. The minimum absolute atomic E-state index is 0.0195. The van der Waals surface area contributed by atoms with Crippen LogP contribution in [0.25, 0.3) is 0 Å². The SMILES string of the molecule is CC(=O)Nc1ccc(N(CC(=O)NC[C@@H]2CCCO2)C(=O)CCC(=O)Nc2cc(C)on2)cc1. The number of hydrogen-bond donors (Lipinski definition) is 3. The van der Waals surface area contributed by atoms with Gasteiger partial charge in [0.25, 0.3) is 0 Å². The maximum absolute atomic E-state index is 13.0. The second-order valence-corrected chi connectivity index (χ2v) is 8.02. The standard InChI is InChI=1S/C23H29N5O6/c1-15-12-20(27-34-15)26-21(30)9-10-23(32)28(14-22(31)24-13-19-4-3-11-33-19)18-7-5-17(6-8-18)25-16(2)29/h5-8,12,19H,3-4,9-11,13-14H2,1-2H3,(H,24,31)(H,25,29)(H,26,27,30)/t19-/m0/s1. The van der Waals surface area contributed by atoms with Crippen molar-refractivity contribution < 1.29 is 28.4 Å². The molecule has 0 saturated carbocycles. The third-order valence-corrected chi connectivity index (χ3v) is 5.11. The Bertz CT molecular complexity index is 1010. The maximum atomic E-state index is 13.0. The number of ether oxygens (including phenoxy) is 1. The van der Waals surface area contributed by atoms with Gasteiger partial charge in [-0.25, -0.2) is 0 Å². The van der Waals surface area contributed by atoms with E-state index in [9.17, 15) is 19.2 Å². The van der Waals surface area contributed by atoms with Gasteiger partial charge in [-0.1, -0.05) is 5.16 Å². The lowest BCUT2D eigenvalue weighted by Gasteiger charge is -2.23. The fourth-order valence-electron chi connectivity index (χ4n) is 3.47. The number of aryl methyl sites for hydroxylation is 1. The van der Waals surface area contributed by atoms with E-state index in [1.54, 1.807) is 37.3 Å². The van der Waals surface area contributed by atoms with Gasteiger partial charge in [-0.15, -0.1) is 0 Å². The summed E-state index contributed by atoms with van der Waals surface area (Å²) in [6, 6.07) is 8.12. The highest BCUT2D eigenvalue weighted by Crippen LogP contribution is 2.20. The number of carbonyl (C=O) groups is 4. The van der Waals surface area contributed by atoms with Gasteiger partial charge in [-0.2, -0.15) is 0 Å². The molecule has 4 amide bonds. The van der Waals surface area contributed by atoms with Crippen LogP contribution in [0.3, 0.4) is 0 Å². The second kappa shape index (κ2) is 11.9. The van der Waals surface area contributed by atoms with Crippen LogP contribution >= 0.6 is 0 Å². The van der Waals surface area contributed by atoms with Crippen LogP contribution in [0.2, 0.25) is 0 Å². The zero-order chi connectivity index (χ0) is 24.5. The molecule has 1 aliphatic heterocycles. The van der Waals surface area contributed by atoms with Crippen LogP contribution < -0.4 is 20.9 Å². The Morgan fingerprint density at radius 3 is 2.47 bits per heavy atom. The van der Waals surface area contributed by atoms with Crippen molar-refractivity contribution >= 4 is 40.8 Å². The molecule has 0 unspecified atom stereocenters. The normalized spacial score (nSPS) is 14.9. The number of anilines is 3. The third-order valence-electron chi connectivity index (χ3n) is 5.11. The zero-order valence-corrected chi connectivity index (χ0v) is 19.3. The Balaban J connectivity index is 1.62. The van der Waals surface area contributed by atoms with Gasteiger partial charge in [0.05, 0.1) is 6.10 Å². The minimum atomic E-state index is -0.398. The topological polar surface area (TPSA) is 143 Å². The Labute approximate surface area is 197 Å². The predicted molar refractivity (Wildman–Crippen MR) is 124 cm³/mol. The van der Waals surface area contributed by atoms with E-state index in [2.05, 4.69) is 21.1 Å². The van der Waals surface area contributed by atoms with E-state index >= 15 is 0 Å². The van der Waals surface area contributed by atoms with Crippen LogP contribution in [-0.2, 0) is 23.9 Å². The Hall–Kier alpha value is -3.73. The van der Waals surface area contributed by atoms with E-state index in [4.69, 9.17) is 9.26 Å². The van der Waals surface area contributed by atoms with Crippen LogP contribution in [0.4, 0.5) is 17.2 Å². The molecule has 1 aromatic heterocycles. The van der Waals surface area contributed by atoms with Crippen molar-refractivity contribution in [3.8, 4) is 0 Å². The molecule has 1 fully saturated rings. The van der Waals surface area contributed by atoms with Gasteiger partial charge < -0.3 is 30.1 Å². The molecular weight excluding hydrogens is 442 g/mol. The van der Waals surface area contributed by atoms with Crippen molar-refractivity contribution in [3.05, 3.63) is 36.1 Å². The lowest BCUT2D eigenvalue weighted by molar-refractivity contribution is -0.125. The van der Waals surface area contributed by atoms with Gasteiger partial charge in [-0.05, 0) is 44.0 Å². The van der Waals surface area contributed by atoms with Gasteiger partial charge >= 0.3 is 0 Å². The molecule has 0 radical (unpaired) electrons. The first-order valence-electron chi connectivity index (χ1n) is 11.1. The first kappa shape index (κ1) is 24.9. The van der Waals surface area contributed by atoms with Crippen molar-refractivity contribution in [3.63, 3.8) is 0 Å². The minimum Gasteiger partial charge on any atom is -0.376 e. The number of carbonyl (C=O) groups excluding carboxylic acids is 4. The van der Waals surface area contributed by atoms with Gasteiger partial charge in [0.1, 0.15) is 12.3 Å². The molecule has 1 aliphatic rings. The summed E-state index contributed by atoms with van der Waals surface area (Å²) < 4.78 is 10.4. The van der Waals surface area contributed by atoms with Gasteiger partial charge in [0.2, 0.25) is 23.6 Å². The Morgan fingerprint density at radius 2 is 1.85 bits per heavy atom. The monoisotopic (exact) mass is 471 g/mol. The van der Waals surface area contributed by atoms with Crippen LogP contribution in [0.1, 0.15) is 38.4 Å². The zero-order valence-electron chi connectivity index (χ0n) is 19.3. The second-order valence-electron chi connectivity index (χ2n) is 8.02. The molecule has 11 heteroatoms. The van der Waals surface area contributed by atoms with Gasteiger partial charge in [0.15, 0.2) is 5.82 Å². The molecule has 2 heterocycles. The van der Waals surface area contributed by atoms with E-state index in [-0.39, 0.29) is 43.1 Å². The summed E-state index contributed by atoms with van der Waals surface area (Å²) in [5, 5.41) is 11.7. The Kier molecular flexibility index (Phi) is 8.74. The first-order valence-corrected chi connectivity index (χ1v) is 11.1. The first-order chi connectivity index (χ1) is 16.3. The molecule has 1 aromatic carbocycles. The number of rotatable bonds is 10. The number of amides is 4. The smallest absolute Gasteiger partial charge is 0.240 e. The van der Waals surface area contributed by atoms with E-state index in [1.807, 2.05) is 0 Å². The van der Waals surface area contributed by atoms with E-state index in [0.29, 0.717) is 30.3 Å². The summed E-state index contributed by atoms with van der Waals surface area (Å²) in [5.41, 5.74) is 1.03. The molecule has 3 N–H and O–H groups in total. The predicted octanol–water partition coefficient (Wildman–Crippen LogP) is 1.99. The third kappa shape index (κ3) is 7.69. The van der Waals surface area contributed by atoms with Gasteiger partial charge in [0, 0.05) is 50.4 Å². The molecule has 0 aliphatic carbocycles. The maximum Gasteiger partial charge on any atom is 0.240 e. The van der Waals surface area contributed by atoms with E-state index in [1.165, 1.54) is 11.8 Å². The van der Waals surface area contributed by atoms with Crippen LogP contribution in [-0.4, -0.2) is 54.6 Å². The summed E-state index contributed by atoms with van der Waals surface area (Å²) in [7, 11) is 0. The molecule has 0 bridgehead atoms. The molecular formula is C23H29N5O6. The molecule has 11 nitrogen and oxygen atoms in total. The summed E-state index contributed by atoms with van der Waals surface area (Å²) in [4.78, 5) is 50.4. The lowest BCUT2D eigenvalue weighted by atomic mass is 10.2. The highest BCUT2D eigenvalue weighted by Gasteiger charge is 2.22. The van der Waals surface area contributed by atoms with Crippen molar-refractivity contribution in [1.29, 1.82) is 0 Å². The summed E-state index contributed by atoms with van der Waals surface area (Å²) in [5.74, 6) is -0.528. The number of benzene rings is 1. The summed E-state index contributed by atoms with van der Waals surface area (Å²) >= 11 is 0. The molecule has 34 heavy (non-hydrogen) atoms. The van der Waals surface area contributed by atoms with E-state index in [0.717, 1.165) is 12.8 Å². The fraction of sp³-hybridized carbons (Fsp3) is 0.435. The molecule has 3 rings (SSSR count). The van der Waals surface area contributed by atoms with Crippen LogP contribution in [0.5, 0.6) is 0 Å². The van der Waals surface area contributed by atoms with Crippen LogP contribution in [0.15, 0.2) is 34.9 Å². The Morgan fingerprint density at radius 1 is 1.09 bits per heavy atom. The quantitative estimate of drug-likeness (QED) is 0.481. The molecule has 182 valence electrons. The number of aromatic nitrogens is 1. The highest BCUT2D eigenvalue weighted by molar-refractivity contribution is 6.01. The van der Waals surface area contributed by atoms with Gasteiger partial charge in [-0.3, -0.25) is 19.2 Å². The fourth-order valence-corrected chi connectivity index (χ4v) is 3.47. The number of nitrogens with one attached hydrogen (secondary N) is 3. The molecule has 1 atom stereocenters. The molecule has 1 saturated heterocycles. The van der Waals surface area contributed by atoms with Crippen molar-refractivity contribution in [2.45, 2.75) is 45.6 Å². The van der Waals surface area contributed by atoms with E-state index < -0.39 is 11.8 Å². The van der Waals surface area contributed by atoms with Crippen molar-refractivity contribution in [2.24, 2.45) is 0 Å². The average molecular weight is 472 g/mol. The summed E-state index contributed by atoms with van der Waals surface area (Å²) in [6.07, 6.45) is 1.61. The summed E-state index contributed by atoms with van der Waals surface area (Å²) in [6.45, 7) is 3.94. The largest absolute Gasteiger partial charge is 0.376 e. The highest BCUT2D eigenvalue weighted by atomic mass is 16.5.